The van der Waals surface area contributed by atoms with E-state index in [9.17, 15) is 0 Å². The van der Waals surface area contributed by atoms with Crippen molar-refractivity contribution in [3.63, 3.8) is 0 Å². The molecule has 2 fully saturated rings. The SMILES string of the molecule is COCCO[C@@H]1CCCN(C[C@@H]2CCCC[C@H]2N)C1. The topological polar surface area (TPSA) is 47.7 Å². The molecule has 1 aliphatic carbocycles. The predicted octanol–water partition coefficient (Wildman–Crippen LogP) is 1.63. The lowest BCUT2D eigenvalue weighted by Crippen LogP contribution is -2.46. The molecule has 2 rings (SSSR count). The van der Waals surface area contributed by atoms with Crippen molar-refractivity contribution in [3.8, 4) is 0 Å². The summed E-state index contributed by atoms with van der Waals surface area (Å²) in [5.74, 6) is 0.700. The highest BCUT2D eigenvalue weighted by Gasteiger charge is 2.27. The van der Waals surface area contributed by atoms with Crippen LogP contribution in [0, 0.1) is 5.92 Å². The van der Waals surface area contributed by atoms with Crippen molar-refractivity contribution in [2.24, 2.45) is 11.7 Å². The van der Waals surface area contributed by atoms with Crippen LogP contribution >= 0.6 is 0 Å². The van der Waals surface area contributed by atoms with E-state index < -0.39 is 0 Å². The Hall–Kier alpha value is -0.160. The van der Waals surface area contributed by atoms with Crippen molar-refractivity contribution in [1.29, 1.82) is 0 Å². The molecule has 3 atom stereocenters. The van der Waals surface area contributed by atoms with Crippen molar-refractivity contribution >= 4 is 0 Å². The number of rotatable bonds is 6. The second kappa shape index (κ2) is 8.20. The second-order valence-electron chi connectivity index (χ2n) is 6.10. The van der Waals surface area contributed by atoms with Crippen LogP contribution in [-0.4, -0.2) is 57.0 Å². The lowest BCUT2D eigenvalue weighted by molar-refractivity contribution is -0.0249. The Morgan fingerprint density at radius 3 is 2.74 bits per heavy atom. The highest BCUT2D eigenvalue weighted by atomic mass is 16.5. The van der Waals surface area contributed by atoms with Crippen LogP contribution in [0.5, 0.6) is 0 Å². The monoisotopic (exact) mass is 270 g/mol. The number of nitrogens with two attached hydrogens (primary N) is 1. The highest BCUT2D eigenvalue weighted by Crippen LogP contribution is 2.25. The first kappa shape index (κ1) is 15.2. The number of nitrogens with zero attached hydrogens (tertiary/aromatic N) is 1. The Balaban J connectivity index is 1.70. The summed E-state index contributed by atoms with van der Waals surface area (Å²) in [5.41, 5.74) is 6.25. The molecule has 1 aliphatic heterocycles. The molecule has 0 spiro atoms. The van der Waals surface area contributed by atoms with Gasteiger partial charge in [-0.05, 0) is 38.1 Å². The fraction of sp³-hybridized carbons (Fsp3) is 1.00. The van der Waals surface area contributed by atoms with E-state index in [4.69, 9.17) is 15.2 Å². The predicted molar refractivity (Wildman–Crippen MR) is 77.2 cm³/mol. The van der Waals surface area contributed by atoms with Gasteiger partial charge >= 0.3 is 0 Å². The second-order valence-corrected chi connectivity index (χ2v) is 6.10. The van der Waals surface area contributed by atoms with Gasteiger partial charge in [0.05, 0.1) is 19.3 Å². The molecule has 0 aromatic rings. The molecule has 1 heterocycles. The van der Waals surface area contributed by atoms with E-state index >= 15 is 0 Å². The Morgan fingerprint density at radius 1 is 1.11 bits per heavy atom. The van der Waals surface area contributed by atoms with Crippen LogP contribution in [-0.2, 0) is 9.47 Å². The fourth-order valence-electron chi connectivity index (χ4n) is 3.41. The molecule has 0 bridgehead atoms. The Kier molecular flexibility index (Phi) is 6.57. The van der Waals surface area contributed by atoms with Crippen molar-refractivity contribution in [2.75, 3.05) is 40.0 Å². The Labute approximate surface area is 117 Å². The first-order valence-corrected chi connectivity index (χ1v) is 7.88. The normalized spacial score (nSPS) is 33.5. The van der Waals surface area contributed by atoms with Gasteiger partial charge in [0.25, 0.3) is 0 Å². The average Bonchev–Trinajstić information content (AvgIpc) is 2.42. The highest BCUT2D eigenvalue weighted by molar-refractivity contribution is 4.83. The van der Waals surface area contributed by atoms with Crippen LogP contribution in [0.2, 0.25) is 0 Å². The molecule has 4 nitrogen and oxygen atoms in total. The number of hydrogen-bond donors (Lipinski definition) is 1. The summed E-state index contributed by atoms with van der Waals surface area (Å²) in [6.07, 6.45) is 8.04. The molecule has 2 N–H and O–H groups in total. The molecule has 2 aliphatic rings. The van der Waals surface area contributed by atoms with Gasteiger partial charge in [-0.15, -0.1) is 0 Å². The van der Waals surface area contributed by atoms with E-state index in [1.807, 2.05) is 0 Å². The minimum absolute atomic E-state index is 0.392. The van der Waals surface area contributed by atoms with E-state index in [2.05, 4.69) is 4.90 Å². The van der Waals surface area contributed by atoms with E-state index in [1.54, 1.807) is 7.11 Å². The molecule has 1 saturated carbocycles. The third-order valence-electron chi connectivity index (χ3n) is 4.56. The standard InChI is InChI=1S/C15H30N2O2/c1-18-9-10-19-14-6-4-8-17(12-14)11-13-5-2-3-7-15(13)16/h13-15H,2-12,16H2,1H3/t13-,14+,15+/m0/s1. The first-order valence-electron chi connectivity index (χ1n) is 7.88. The van der Waals surface area contributed by atoms with E-state index in [0.29, 0.717) is 24.7 Å². The minimum Gasteiger partial charge on any atom is -0.382 e. The van der Waals surface area contributed by atoms with E-state index in [0.717, 1.165) is 13.2 Å². The molecule has 0 radical (unpaired) electrons. The zero-order valence-corrected chi connectivity index (χ0v) is 12.4. The quantitative estimate of drug-likeness (QED) is 0.745. The summed E-state index contributed by atoms with van der Waals surface area (Å²) in [6.45, 7) is 4.88. The third kappa shape index (κ3) is 5.03. The molecule has 0 unspecified atom stereocenters. The summed E-state index contributed by atoms with van der Waals surface area (Å²) < 4.78 is 10.9. The first-order chi connectivity index (χ1) is 9.29. The zero-order chi connectivity index (χ0) is 13.5. The van der Waals surface area contributed by atoms with Gasteiger partial charge in [-0.3, -0.25) is 0 Å². The Bertz CT molecular complexity index is 250. The van der Waals surface area contributed by atoms with Crippen molar-refractivity contribution in [3.05, 3.63) is 0 Å². The van der Waals surface area contributed by atoms with Crippen LogP contribution in [0.15, 0.2) is 0 Å². The third-order valence-corrected chi connectivity index (χ3v) is 4.56. The summed E-state index contributed by atoms with van der Waals surface area (Å²) in [4.78, 5) is 2.57. The molecule has 4 heteroatoms. The largest absolute Gasteiger partial charge is 0.382 e. The van der Waals surface area contributed by atoms with E-state index in [1.165, 1.54) is 51.6 Å². The van der Waals surface area contributed by atoms with Gasteiger partial charge in [-0.25, -0.2) is 0 Å². The van der Waals surface area contributed by atoms with Crippen molar-refractivity contribution in [2.45, 2.75) is 50.7 Å². The van der Waals surface area contributed by atoms with Crippen molar-refractivity contribution < 1.29 is 9.47 Å². The average molecular weight is 270 g/mol. The smallest absolute Gasteiger partial charge is 0.0704 e. The summed E-state index contributed by atoms with van der Waals surface area (Å²) >= 11 is 0. The van der Waals surface area contributed by atoms with Crippen molar-refractivity contribution in [1.82, 2.24) is 4.90 Å². The van der Waals surface area contributed by atoms with Crippen LogP contribution in [0.3, 0.4) is 0 Å². The maximum Gasteiger partial charge on any atom is 0.0704 e. The zero-order valence-electron chi connectivity index (χ0n) is 12.4. The molecule has 1 saturated heterocycles. The molecule has 0 aromatic heterocycles. The van der Waals surface area contributed by atoms with Crippen LogP contribution in [0.25, 0.3) is 0 Å². The number of likely N-dealkylation sites (tertiary alicyclic amines) is 1. The van der Waals surface area contributed by atoms with Gasteiger partial charge in [0.2, 0.25) is 0 Å². The van der Waals surface area contributed by atoms with Gasteiger partial charge in [0.1, 0.15) is 0 Å². The number of hydrogen-bond acceptors (Lipinski definition) is 4. The molecule has 0 amide bonds. The maximum atomic E-state index is 6.25. The lowest BCUT2D eigenvalue weighted by atomic mass is 9.84. The number of ether oxygens (including phenoxy) is 2. The van der Waals surface area contributed by atoms with Crippen LogP contribution in [0.1, 0.15) is 38.5 Å². The van der Waals surface area contributed by atoms with Crippen LogP contribution < -0.4 is 5.73 Å². The lowest BCUT2D eigenvalue weighted by Gasteiger charge is -2.37. The van der Waals surface area contributed by atoms with Gasteiger partial charge < -0.3 is 20.1 Å². The Morgan fingerprint density at radius 2 is 1.95 bits per heavy atom. The van der Waals surface area contributed by atoms with Gasteiger partial charge in [0, 0.05) is 26.2 Å². The molecular formula is C15H30N2O2. The number of methoxy groups -OCH3 is 1. The molecule has 0 aromatic carbocycles. The molecular weight excluding hydrogens is 240 g/mol. The summed E-state index contributed by atoms with van der Waals surface area (Å²) in [7, 11) is 1.72. The molecule has 112 valence electrons. The van der Waals surface area contributed by atoms with Crippen LogP contribution in [0.4, 0.5) is 0 Å². The molecule has 19 heavy (non-hydrogen) atoms. The van der Waals surface area contributed by atoms with Gasteiger partial charge in [0.15, 0.2) is 0 Å². The number of piperidine rings is 1. The summed E-state index contributed by atoms with van der Waals surface area (Å²) in [5, 5.41) is 0. The summed E-state index contributed by atoms with van der Waals surface area (Å²) in [6, 6.07) is 0.420. The minimum atomic E-state index is 0.392. The maximum absolute atomic E-state index is 6.25. The van der Waals surface area contributed by atoms with Gasteiger partial charge in [-0.1, -0.05) is 12.8 Å². The van der Waals surface area contributed by atoms with Gasteiger partial charge in [-0.2, -0.15) is 0 Å². The fourth-order valence-corrected chi connectivity index (χ4v) is 3.41. The van der Waals surface area contributed by atoms with E-state index in [-0.39, 0.29) is 0 Å².